The molecule has 1 N–H and O–H groups in total. The average Bonchev–Trinajstić information content (AvgIpc) is 3.24. The van der Waals surface area contributed by atoms with E-state index in [1.807, 2.05) is 23.2 Å². The molecule has 0 bridgehead atoms. The number of hydrogen-bond donors (Lipinski definition) is 1. The summed E-state index contributed by atoms with van der Waals surface area (Å²) in [5.41, 5.74) is 6.59. The van der Waals surface area contributed by atoms with Crippen molar-refractivity contribution >= 4 is 11.4 Å². The van der Waals surface area contributed by atoms with Gasteiger partial charge in [0.25, 0.3) is 0 Å². The van der Waals surface area contributed by atoms with Gasteiger partial charge in [-0.15, -0.1) is 0 Å². The Labute approximate surface area is 179 Å². The Hall–Kier alpha value is -3.74. The fourth-order valence-electron chi connectivity index (χ4n) is 3.60. The number of nitrogens with one attached hydrogen (secondary N) is 1. The van der Waals surface area contributed by atoms with Crippen LogP contribution in [0.25, 0.3) is 5.70 Å². The highest BCUT2D eigenvalue weighted by molar-refractivity contribution is 5.72. The van der Waals surface area contributed by atoms with Crippen LogP contribution >= 0.6 is 0 Å². The molecular weight excluding hydrogens is 402 g/mol. The molecule has 0 fully saturated rings. The fraction of sp³-hybridized carbons (Fsp3) is 0.167. The highest BCUT2D eigenvalue weighted by Gasteiger charge is 2.29. The molecule has 3 aromatic rings. The van der Waals surface area contributed by atoms with Crippen molar-refractivity contribution in [1.82, 2.24) is 5.43 Å². The van der Waals surface area contributed by atoms with Crippen molar-refractivity contribution in [3.63, 3.8) is 0 Å². The van der Waals surface area contributed by atoms with Crippen LogP contribution in [-0.4, -0.2) is 21.3 Å². The van der Waals surface area contributed by atoms with E-state index in [1.54, 1.807) is 45.6 Å². The summed E-state index contributed by atoms with van der Waals surface area (Å²) in [6.45, 7) is 0. The number of hydrazine groups is 1. The van der Waals surface area contributed by atoms with Crippen LogP contribution in [-0.2, 0) is 0 Å². The van der Waals surface area contributed by atoms with E-state index in [0.29, 0.717) is 17.2 Å². The molecule has 3 aromatic carbocycles. The van der Waals surface area contributed by atoms with Gasteiger partial charge in [-0.05, 0) is 77.9 Å². The molecule has 31 heavy (non-hydrogen) atoms. The van der Waals surface area contributed by atoms with Crippen molar-refractivity contribution in [1.29, 1.82) is 0 Å². The third-order valence-electron chi connectivity index (χ3n) is 5.13. The molecule has 1 heterocycles. The van der Waals surface area contributed by atoms with Crippen molar-refractivity contribution in [2.45, 2.75) is 6.04 Å². The lowest BCUT2D eigenvalue weighted by Crippen LogP contribution is -2.34. The van der Waals surface area contributed by atoms with Crippen LogP contribution in [0.3, 0.4) is 0 Å². The first-order valence-electron chi connectivity index (χ1n) is 9.63. The summed E-state index contributed by atoms with van der Waals surface area (Å²) >= 11 is 0. The monoisotopic (exact) mass is 424 g/mol. The zero-order valence-corrected chi connectivity index (χ0v) is 17.4. The van der Waals surface area contributed by atoms with Crippen LogP contribution in [0.1, 0.15) is 17.2 Å². The van der Waals surface area contributed by atoms with Gasteiger partial charge in [-0.25, -0.2) is 8.78 Å². The molecule has 160 valence electrons. The molecule has 1 aliphatic heterocycles. The standard InChI is InChI=1S/C24H22F2N2O3/c1-29-22-12-16(13-23(30-2)24(22)31-3)21-14-20(15-4-6-17(25)7-5-15)27-28(21)19-10-8-18(26)9-11-19/h4-14,21,27H,1-3H3. The normalized spacial score (nSPS) is 15.3. The van der Waals surface area contributed by atoms with Crippen LogP contribution in [0.5, 0.6) is 17.2 Å². The van der Waals surface area contributed by atoms with E-state index in [4.69, 9.17) is 14.2 Å². The van der Waals surface area contributed by atoms with Gasteiger partial charge in [0.15, 0.2) is 11.5 Å². The Bertz CT molecular complexity index is 1070. The average molecular weight is 424 g/mol. The molecule has 0 aliphatic carbocycles. The van der Waals surface area contributed by atoms with E-state index in [0.717, 1.165) is 22.5 Å². The Balaban J connectivity index is 1.82. The fourth-order valence-corrected chi connectivity index (χ4v) is 3.60. The predicted molar refractivity (Wildman–Crippen MR) is 115 cm³/mol. The molecule has 1 unspecified atom stereocenters. The SMILES string of the molecule is COc1cc(C2C=C(c3ccc(F)cc3)NN2c2ccc(F)cc2)cc(OC)c1OC. The molecule has 0 radical (unpaired) electrons. The second kappa shape index (κ2) is 8.55. The smallest absolute Gasteiger partial charge is 0.203 e. The number of anilines is 1. The lowest BCUT2D eigenvalue weighted by Gasteiger charge is -2.28. The minimum Gasteiger partial charge on any atom is -0.493 e. The molecule has 0 saturated carbocycles. The molecule has 5 nitrogen and oxygen atoms in total. The van der Waals surface area contributed by atoms with Gasteiger partial charge in [0.1, 0.15) is 11.6 Å². The predicted octanol–water partition coefficient (Wildman–Crippen LogP) is 5.10. The van der Waals surface area contributed by atoms with E-state index in [2.05, 4.69) is 5.43 Å². The molecule has 0 amide bonds. The van der Waals surface area contributed by atoms with E-state index in [-0.39, 0.29) is 17.7 Å². The van der Waals surface area contributed by atoms with Crippen molar-refractivity contribution in [2.24, 2.45) is 0 Å². The number of rotatable bonds is 6. The first-order chi connectivity index (χ1) is 15.0. The van der Waals surface area contributed by atoms with Crippen LogP contribution in [0.2, 0.25) is 0 Å². The third-order valence-corrected chi connectivity index (χ3v) is 5.13. The van der Waals surface area contributed by atoms with Crippen LogP contribution in [0.4, 0.5) is 14.5 Å². The second-order valence-electron chi connectivity index (χ2n) is 6.95. The van der Waals surface area contributed by atoms with Crippen molar-refractivity contribution in [2.75, 3.05) is 26.3 Å². The molecule has 0 saturated heterocycles. The maximum atomic E-state index is 13.5. The molecule has 1 aliphatic rings. The minimum atomic E-state index is -0.320. The minimum absolute atomic E-state index is 0.278. The van der Waals surface area contributed by atoms with Gasteiger partial charge < -0.3 is 14.2 Å². The van der Waals surface area contributed by atoms with E-state index in [9.17, 15) is 8.78 Å². The lowest BCUT2D eigenvalue weighted by molar-refractivity contribution is 0.323. The first kappa shape index (κ1) is 20.5. The maximum absolute atomic E-state index is 13.5. The molecule has 0 aromatic heterocycles. The molecule has 1 atom stereocenters. The van der Waals surface area contributed by atoms with Gasteiger partial charge in [0.2, 0.25) is 5.75 Å². The van der Waals surface area contributed by atoms with Gasteiger partial charge in [-0.1, -0.05) is 0 Å². The van der Waals surface area contributed by atoms with Crippen LogP contribution < -0.4 is 24.6 Å². The Morgan fingerprint density at radius 1 is 0.774 bits per heavy atom. The van der Waals surface area contributed by atoms with E-state index < -0.39 is 0 Å². The van der Waals surface area contributed by atoms with Crippen molar-refractivity contribution in [3.8, 4) is 17.2 Å². The maximum Gasteiger partial charge on any atom is 0.203 e. The van der Waals surface area contributed by atoms with Crippen LogP contribution in [0.15, 0.2) is 66.7 Å². The Morgan fingerprint density at radius 2 is 1.32 bits per heavy atom. The zero-order valence-electron chi connectivity index (χ0n) is 17.4. The molecule has 0 spiro atoms. The van der Waals surface area contributed by atoms with E-state index >= 15 is 0 Å². The molecular formula is C24H22F2N2O3. The van der Waals surface area contributed by atoms with Crippen LogP contribution in [0, 0.1) is 11.6 Å². The number of halogens is 2. The second-order valence-corrected chi connectivity index (χ2v) is 6.95. The summed E-state index contributed by atoms with van der Waals surface area (Å²) in [4.78, 5) is 0. The lowest BCUT2D eigenvalue weighted by atomic mass is 10.0. The van der Waals surface area contributed by atoms with Gasteiger partial charge in [0, 0.05) is 0 Å². The summed E-state index contributed by atoms with van der Waals surface area (Å²) in [5.74, 6) is 0.924. The summed E-state index contributed by atoms with van der Waals surface area (Å²) < 4.78 is 43.4. The van der Waals surface area contributed by atoms with Gasteiger partial charge in [-0.2, -0.15) is 0 Å². The third kappa shape index (κ3) is 3.99. The van der Waals surface area contributed by atoms with Gasteiger partial charge >= 0.3 is 0 Å². The number of benzene rings is 3. The van der Waals surface area contributed by atoms with E-state index in [1.165, 1.54) is 24.3 Å². The zero-order chi connectivity index (χ0) is 22.0. The largest absolute Gasteiger partial charge is 0.493 e. The summed E-state index contributed by atoms with van der Waals surface area (Å²) in [6, 6.07) is 15.9. The quantitative estimate of drug-likeness (QED) is 0.597. The number of methoxy groups -OCH3 is 3. The van der Waals surface area contributed by atoms with Crippen molar-refractivity contribution in [3.05, 3.63) is 89.5 Å². The summed E-state index contributed by atoms with van der Waals surface area (Å²) in [6.07, 6.45) is 2.01. The molecule has 7 heteroatoms. The van der Waals surface area contributed by atoms with Crippen molar-refractivity contribution < 1.29 is 23.0 Å². The Kier molecular flexibility index (Phi) is 5.66. The highest BCUT2D eigenvalue weighted by Crippen LogP contribution is 2.43. The Morgan fingerprint density at radius 3 is 1.84 bits per heavy atom. The molecule has 4 rings (SSSR count). The highest BCUT2D eigenvalue weighted by atomic mass is 19.1. The first-order valence-corrected chi connectivity index (χ1v) is 9.63. The topological polar surface area (TPSA) is 43.0 Å². The summed E-state index contributed by atoms with van der Waals surface area (Å²) in [7, 11) is 4.67. The van der Waals surface area contributed by atoms with Gasteiger partial charge in [-0.3, -0.25) is 10.4 Å². The van der Waals surface area contributed by atoms with Gasteiger partial charge in [0.05, 0.1) is 38.8 Å². The number of ether oxygens (including phenoxy) is 3. The number of nitrogens with zero attached hydrogens (tertiary/aromatic N) is 1. The number of hydrogen-bond acceptors (Lipinski definition) is 5. The summed E-state index contributed by atoms with van der Waals surface area (Å²) in [5, 5.41) is 1.90.